The molecular formula is C6H12O2S. The highest BCUT2D eigenvalue weighted by molar-refractivity contribution is 7.90. The zero-order chi connectivity index (χ0) is 7.49. The van der Waals surface area contributed by atoms with Crippen LogP contribution in [0.4, 0.5) is 0 Å². The highest BCUT2D eigenvalue weighted by atomic mass is 32.2. The summed E-state index contributed by atoms with van der Waals surface area (Å²) >= 11 is 0. The minimum atomic E-state index is -2.80. The van der Waals surface area contributed by atoms with Gasteiger partial charge in [-0.1, -0.05) is 11.6 Å². The smallest absolute Gasteiger partial charge is 0.151 e. The molecule has 0 bridgehead atoms. The van der Waals surface area contributed by atoms with Crippen molar-refractivity contribution in [2.45, 2.75) is 13.8 Å². The van der Waals surface area contributed by atoms with Crippen molar-refractivity contribution in [3.8, 4) is 0 Å². The Morgan fingerprint density at radius 2 is 2.00 bits per heavy atom. The Morgan fingerprint density at radius 3 is 2.11 bits per heavy atom. The Balaban J connectivity index is 4.07. The van der Waals surface area contributed by atoms with Crippen LogP contribution in [-0.2, 0) is 9.84 Å². The molecule has 3 heteroatoms. The first-order valence-corrected chi connectivity index (χ1v) is 4.81. The van der Waals surface area contributed by atoms with Crippen LogP contribution in [0.5, 0.6) is 0 Å². The van der Waals surface area contributed by atoms with Crippen molar-refractivity contribution in [2.24, 2.45) is 0 Å². The van der Waals surface area contributed by atoms with Crippen LogP contribution in [0.3, 0.4) is 0 Å². The molecule has 0 atom stereocenters. The maximum atomic E-state index is 10.6. The van der Waals surface area contributed by atoms with E-state index >= 15 is 0 Å². The van der Waals surface area contributed by atoms with Crippen molar-refractivity contribution >= 4 is 9.84 Å². The van der Waals surface area contributed by atoms with E-state index in [-0.39, 0.29) is 5.75 Å². The van der Waals surface area contributed by atoms with E-state index in [4.69, 9.17) is 0 Å². The number of allylic oxidation sites excluding steroid dienone is 1. The largest absolute Gasteiger partial charge is 0.229 e. The maximum absolute atomic E-state index is 10.6. The van der Waals surface area contributed by atoms with E-state index in [9.17, 15) is 8.42 Å². The van der Waals surface area contributed by atoms with Crippen molar-refractivity contribution in [3.05, 3.63) is 11.6 Å². The molecule has 0 aliphatic rings. The zero-order valence-corrected chi connectivity index (χ0v) is 6.83. The van der Waals surface area contributed by atoms with Crippen molar-refractivity contribution in [3.63, 3.8) is 0 Å². The van der Waals surface area contributed by atoms with Gasteiger partial charge in [0.15, 0.2) is 9.84 Å². The molecule has 0 saturated carbocycles. The Labute approximate surface area is 56.5 Å². The summed E-state index contributed by atoms with van der Waals surface area (Å²) in [4.78, 5) is 0. The summed E-state index contributed by atoms with van der Waals surface area (Å²) in [5, 5.41) is 0. The fraction of sp³-hybridized carbons (Fsp3) is 0.667. The molecule has 0 N–H and O–H groups in total. The second-order valence-corrected chi connectivity index (χ2v) is 4.35. The van der Waals surface area contributed by atoms with Crippen LogP contribution < -0.4 is 0 Å². The molecule has 0 saturated heterocycles. The molecule has 0 amide bonds. The van der Waals surface area contributed by atoms with Gasteiger partial charge < -0.3 is 0 Å². The quantitative estimate of drug-likeness (QED) is 0.547. The Kier molecular flexibility index (Phi) is 2.91. The Morgan fingerprint density at radius 1 is 1.56 bits per heavy atom. The first-order valence-electron chi connectivity index (χ1n) is 2.75. The zero-order valence-electron chi connectivity index (χ0n) is 6.01. The SMILES string of the molecule is CC=C(C)CS(C)(=O)=O. The van der Waals surface area contributed by atoms with E-state index in [0.29, 0.717) is 0 Å². The molecular weight excluding hydrogens is 136 g/mol. The van der Waals surface area contributed by atoms with Gasteiger partial charge in [-0.15, -0.1) is 0 Å². The molecule has 0 radical (unpaired) electrons. The average Bonchev–Trinajstić information content (AvgIpc) is 1.62. The second kappa shape index (κ2) is 3.01. The third-order valence-corrected chi connectivity index (χ3v) is 1.96. The molecule has 0 aliphatic carbocycles. The summed E-state index contributed by atoms with van der Waals surface area (Å²) in [6.07, 6.45) is 3.04. The summed E-state index contributed by atoms with van der Waals surface area (Å²) in [5.74, 6) is 0.184. The normalized spacial score (nSPS) is 13.9. The third-order valence-electron chi connectivity index (χ3n) is 0.983. The topological polar surface area (TPSA) is 34.1 Å². The van der Waals surface area contributed by atoms with Crippen LogP contribution in [0.2, 0.25) is 0 Å². The van der Waals surface area contributed by atoms with Gasteiger partial charge in [-0.3, -0.25) is 0 Å². The van der Waals surface area contributed by atoms with Crippen LogP contribution in [0, 0.1) is 0 Å². The molecule has 0 aromatic rings. The molecule has 0 aromatic heterocycles. The number of sulfone groups is 1. The van der Waals surface area contributed by atoms with Crippen molar-refractivity contribution in [1.82, 2.24) is 0 Å². The minimum absolute atomic E-state index is 0.184. The van der Waals surface area contributed by atoms with Crippen LogP contribution in [0.15, 0.2) is 11.6 Å². The van der Waals surface area contributed by atoms with Crippen LogP contribution in [-0.4, -0.2) is 20.4 Å². The predicted molar refractivity (Wildman–Crippen MR) is 39.1 cm³/mol. The lowest BCUT2D eigenvalue weighted by Gasteiger charge is -1.94. The lowest BCUT2D eigenvalue weighted by atomic mass is 10.3. The van der Waals surface area contributed by atoms with Crippen molar-refractivity contribution in [1.29, 1.82) is 0 Å². The Hall–Kier alpha value is -0.310. The maximum Gasteiger partial charge on any atom is 0.151 e. The molecule has 0 heterocycles. The van der Waals surface area contributed by atoms with Gasteiger partial charge in [0.1, 0.15) is 0 Å². The summed E-state index contributed by atoms with van der Waals surface area (Å²) in [5.41, 5.74) is 0.900. The van der Waals surface area contributed by atoms with Crippen LogP contribution in [0.25, 0.3) is 0 Å². The van der Waals surface area contributed by atoms with Gasteiger partial charge in [0, 0.05) is 6.26 Å². The fourth-order valence-electron chi connectivity index (χ4n) is 0.497. The lowest BCUT2D eigenvalue weighted by molar-refractivity contribution is 0.604. The van der Waals surface area contributed by atoms with E-state index in [1.807, 2.05) is 6.92 Å². The summed E-state index contributed by atoms with van der Waals surface area (Å²) in [6, 6.07) is 0. The number of hydrogen-bond donors (Lipinski definition) is 0. The second-order valence-electron chi connectivity index (χ2n) is 2.21. The van der Waals surface area contributed by atoms with Crippen molar-refractivity contribution in [2.75, 3.05) is 12.0 Å². The molecule has 0 unspecified atom stereocenters. The fourth-order valence-corrected chi connectivity index (χ4v) is 1.49. The van der Waals surface area contributed by atoms with Gasteiger partial charge in [0.05, 0.1) is 5.75 Å². The predicted octanol–water partition coefficient (Wildman–Crippen LogP) is 0.997. The molecule has 0 rings (SSSR count). The first-order chi connectivity index (χ1) is 3.95. The molecule has 2 nitrogen and oxygen atoms in total. The third kappa shape index (κ3) is 5.56. The van der Waals surface area contributed by atoms with Gasteiger partial charge in [0.2, 0.25) is 0 Å². The molecule has 54 valence electrons. The van der Waals surface area contributed by atoms with Crippen molar-refractivity contribution < 1.29 is 8.42 Å². The van der Waals surface area contributed by atoms with E-state index in [1.54, 1.807) is 13.0 Å². The average molecular weight is 148 g/mol. The monoisotopic (exact) mass is 148 g/mol. The number of hydrogen-bond acceptors (Lipinski definition) is 2. The van der Waals surface area contributed by atoms with Crippen LogP contribution >= 0.6 is 0 Å². The molecule has 9 heavy (non-hydrogen) atoms. The summed E-state index contributed by atoms with van der Waals surface area (Å²) in [6.45, 7) is 3.64. The van der Waals surface area contributed by atoms with Crippen LogP contribution in [0.1, 0.15) is 13.8 Å². The van der Waals surface area contributed by atoms with Gasteiger partial charge in [-0.2, -0.15) is 0 Å². The number of rotatable bonds is 2. The lowest BCUT2D eigenvalue weighted by Crippen LogP contribution is -2.03. The molecule has 0 aliphatic heterocycles. The van der Waals surface area contributed by atoms with Gasteiger partial charge in [0.25, 0.3) is 0 Å². The van der Waals surface area contributed by atoms with E-state index < -0.39 is 9.84 Å². The minimum Gasteiger partial charge on any atom is -0.229 e. The first kappa shape index (κ1) is 8.69. The van der Waals surface area contributed by atoms with Gasteiger partial charge in [-0.05, 0) is 13.8 Å². The Bertz CT molecular complexity index is 199. The summed E-state index contributed by atoms with van der Waals surface area (Å²) in [7, 11) is -2.80. The molecule has 0 aromatic carbocycles. The van der Waals surface area contributed by atoms with E-state index in [2.05, 4.69) is 0 Å². The van der Waals surface area contributed by atoms with Gasteiger partial charge in [-0.25, -0.2) is 8.42 Å². The molecule has 0 fully saturated rings. The van der Waals surface area contributed by atoms with E-state index in [1.165, 1.54) is 6.26 Å². The standard InChI is InChI=1S/C6H12O2S/c1-4-6(2)5-9(3,7)8/h4H,5H2,1-3H3. The van der Waals surface area contributed by atoms with Gasteiger partial charge >= 0.3 is 0 Å². The molecule has 0 spiro atoms. The van der Waals surface area contributed by atoms with E-state index in [0.717, 1.165) is 5.57 Å². The highest BCUT2D eigenvalue weighted by Crippen LogP contribution is 1.95. The summed E-state index contributed by atoms with van der Waals surface area (Å²) < 4.78 is 21.1. The highest BCUT2D eigenvalue weighted by Gasteiger charge is 2.00.